The Labute approximate surface area is 79.5 Å². The van der Waals surface area contributed by atoms with Gasteiger partial charge in [0.2, 0.25) is 0 Å². The second-order valence-corrected chi connectivity index (χ2v) is 2.84. The van der Waals surface area contributed by atoms with Crippen molar-refractivity contribution in [2.24, 2.45) is 0 Å². The number of phenolic OH excluding ortho intramolecular Hbond substituents is 1. The fraction of sp³-hybridized carbons (Fsp3) is 0.200. The van der Waals surface area contributed by atoms with E-state index in [2.05, 4.69) is 6.58 Å². The Morgan fingerprint density at radius 1 is 1.36 bits per heavy atom. The minimum Gasteiger partial charge on any atom is -0.507 e. The van der Waals surface area contributed by atoms with Gasteiger partial charge in [-0.05, 0) is 24.1 Å². The first-order valence-corrected chi connectivity index (χ1v) is 3.95. The first kappa shape index (κ1) is 10.6. The van der Waals surface area contributed by atoms with E-state index in [4.69, 9.17) is 5.11 Å². The van der Waals surface area contributed by atoms with E-state index in [0.717, 1.165) is 12.1 Å². The van der Waals surface area contributed by atoms with Gasteiger partial charge in [-0.3, -0.25) is 0 Å². The van der Waals surface area contributed by atoms with Gasteiger partial charge in [-0.15, -0.1) is 6.58 Å². The molecular formula is C10H9F3O. The lowest BCUT2D eigenvalue weighted by Gasteiger charge is -2.09. The van der Waals surface area contributed by atoms with Gasteiger partial charge >= 0.3 is 6.18 Å². The van der Waals surface area contributed by atoms with Crippen LogP contribution in [-0.2, 0) is 12.6 Å². The number of aromatic hydroxyl groups is 1. The molecule has 0 spiro atoms. The Morgan fingerprint density at radius 3 is 2.50 bits per heavy atom. The molecule has 0 saturated heterocycles. The summed E-state index contributed by atoms with van der Waals surface area (Å²) in [5, 5.41) is 8.99. The summed E-state index contributed by atoms with van der Waals surface area (Å²) < 4.78 is 36.8. The quantitative estimate of drug-likeness (QED) is 0.730. The summed E-state index contributed by atoms with van der Waals surface area (Å²) in [6.07, 6.45) is -2.66. The zero-order chi connectivity index (χ0) is 10.8. The third-order valence-electron chi connectivity index (χ3n) is 1.75. The monoisotopic (exact) mass is 202 g/mol. The Morgan fingerprint density at radius 2 is 2.00 bits per heavy atom. The van der Waals surface area contributed by atoms with Crippen LogP contribution < -0.4 is 0 Å². The summed E-state index contributed by atoms with van der Waals surface area (Å²) in [7, 11) is 0. The Kier molecular flexibility index (Phi) is 2.84. The first-order valence-electron chi connectivity index (χ1n) is 3.95. The van der Waals surface area contributed by atoms with E-state index in [0.29, 0.717) is 12.0 Å². The van der Waals surface area contributed by atoms with Gasteiger partial charge in [0.05, 0.1) is 5.56 Å². The van der Waals surface area contributed by atoms with Crippen LogP contribution in [0.4, 0.5) is 13.2 Å². The maximum absolute atomic E-state index is 12.3. The molecule has 0 aliphatic rings. The molecular weight excluding hydrogens is 193 g/mol. The topological polar surface area (TPSA) is 20.2 Å². The predicted molar refractivity (Wildman–Crippen MR) is 47.0 cm³/mol. The van der Waals surface area contributed by atoms with Crippen molar-refractivity contribution < 1.29 is 18.3 Å². The highest BCUT2D eigenvalue weighted by atomic mass is 19.4. The second-order valence-electron chi connectivity index (χ2n) is 2.84. The van der Waals surface area contributed by atoms with Gasteiger partial charge in [-0.25, -0.2) is 0 Å². The average Bonchev–Trinajstić information content (AvgIpc) is 2.07. The summed E-state index contributed by atoms with van der Waals surface area (Å²) in [5.41, 5.74) is -0.526. The van der Waals surface area contributed by atoms with Crippen LogP contribution in [-0.4, -0.2) is 5.11 Å². The van der Waals surface area contributed by atoms with Gasteiger partial charge in [0.1, 0.15) is 5.75 Å². The minimum absolute atomic E-state index is 0.351. The number of phenols is 1. The first-order chi connectivity index (χ1) is 6.45. The van der Waals surface area contributed by atoms with Crippen LogP contribution in [0.15, 0.2) is 30.9 Å². The third kappa shape index (κ3) is 2.28. The molecule has 0 fully saturated rings. The van der Waals surface area contributed by atoms with Gasteiger partial charge in [0, 0.05) is 0 Å². The Bertz CT molecular complexity index is 342. The molecule has 0 atom stereocenters. The maximum Gasteiger partial charge on any atom is 0.419 e. The zero-order valence-corrected chi connectivity index (χ0v) is 7.30. The number of allylic oxidation sites excluding steroid dienone is 1. The van der Waals surface area contributed by atoms with Crippen LogP contribution in [0.1, 0.15) is 11.1 Å². The summed E-state index contributed by atoms with van der Waals surface area (Å²) in [5.74, 6) is -0.745. The average molecular weight is 202 g/mol. The molecule has 0 bridgehead atoms. The van der Waals surface area contributed by atoms with E-state index in [9.17, 15) is 13.2 Å². The molecule has 0 radical (unpaired) electrons. The number of hydrogen-bond acceptors (Lipinski definition) is 1. The van der Waals surface area contributed by atoms with Crippen molar-refractivity contribution in [3.63, 3.8) is 0 Å². The van der Waals surface area contributed by atoms with Gasteiger partial charge in [0.15, 0.2) is 0 Å². The molecule has 0 aromatic heterocycles. The van der Waals surface area contributed by atoms with Crippen molar-refractivity contribution >= 4 is 0 Å². The lowest BCUT2D eigenvalue weighted by atomic mass is 10.1. The molecule has 1 rings (SSSR count). The van der Waals surface area contributed by atoms with Crippen LogP contribution in [0, 0.1) is 0 Å². The van der Waals surface area contributed by atoms with Crippen LogP contribution in [0.5, 0.6) is 5.75 Å². The summed E-state index contributed by atoms with van der Waals surface area (Å²) in [6, 6.07) is 3.41. The standard InChI is InChI=1S/C10H9F3O/c1-2-3-7-4-5-9(14)8(6-7)10(11,12)13/h2,4-6,14H,1,3H2. The summed E-state index contributed by atoms with van der Waals surface area (Å²) in [4.78, 5) is 0. The molecule has 4 heteroatoms. The molecule has 14 heavy (non-hydrogen) atoms. The zero-order valence-electron chi connectivity index (χ0n) is 7.30. The molecule has 76 valence electrons. The van der Waals surface area contributed by atoms with Gasteiger partial charge in [-0.2, -0.15) is 13.2 Å². The smallest absolute Gasteiger partial charge is 0.419 e. The number of benzene rings is 1. The van der Waals surface area contributed by atoms with E-state index in [-0.39, 0.29) is 0 Å². The van der Waals surface area contributed by atoms with E-state index in [1.807, 2.05) is 0 Å². The summed E-state index contributed by atoms with van der Waals surface area (Å²) in [6.45, 7) is 3.43. The SMILES string of the molecule is C=CCc1ccc(O)c(C(F)(F)F)c1. The van der Waals surface area contributed by atoms with Crippen molar-refractivity contribution in [1.82, 2.24) is 0 Å². The highest BCUT2D eigenvalue weighted by Gasteiger charge is 2.33. The van der Waals surface area contributed by atoms with Crippen LogP contribution >= 0.6 is 0 Å². The van der Waals surface area contributed by atoms with Crippen molar-refractivity contribution in [2.75, 3.05) is 0 Å². The van der Waals surface area contributed by atoms with Crippen molar-refractivity contribution in [2.45, 2.75) is 12.6 Å². The van der Waals surface area contributed by atoms with Crippen LogP contribution in [0.3, 0.4) is 0 Å². The molecule has 1 nitrogen and oxygen atoms in total. The van der Waals surface area contributed by atoms with E-state index in [1.165, 1.54) is 12.1 Å². The third-order valence-corrected chi connectivity index (χ3v) is 1.75. The largest absolute Gasteiger partial charge is 0.507 e. The normalized spacial score (nSPS) is 11.4. The number of halogens is 3. The molecule has 0 aliphatic carbocycles. The molecule has 0 aliphatic heterocycles. The van der Waals surface area contributed by atoms with Crippen LogP contribution in [0.2, 0.25) is 0 Å². The second kappa shape index (κ2) is 3.74. The molecule has 1 N–H and O–H groups in total. The van der Waals surface area contributed by atoms with E-state index < -0.39 is 17.5 Å². The molecule has 0 unspecified atom stereocenters. The van der Waals surface area contributed by atoms with Crippen molar-refractivity contribution in [1.29, 1.82) is 0 Å². The van der Waals surface area contributed by atoms with E-state index >= 15 is 0 Å². The summed E-state index contributed by atoms with van der Waals surface area (Å²) >= 11 is 0. The molecule has 1 aromatic carbocycles. The number of rotatable bonds is 2. The lowest BCUT2D eigenvalue weighted by molar-refractivity contribution is -0.138. The lowest BCUT2D eigenvalue weighted by Crippen LogP contribution is -2.05. The Hall–Kier alpha value is -1.45. The molecule has 0 saturated carbocycles. The highest BCUT2D eigenvalue weighted by molar-refractivity contribution is 5.38. The van der Waals surface area contributed by atoms with Crippen LogP contribution in [0.25, 0.3) is 0 Å². The number of hydrogen-bond donors (Lipinski definition) is 1. The minimum atomic E-state index is -4.51. The number of alkyl halides is 3. The highest BCUT2D eigenvalue weighted by Crippen LogP contribution is 2.36. The Balaban J connectivity index is 3.15. The van der Waals surface area contributed by atoms with Gasteiger partial charge < -0.3 is 5.11 Å². The molecule has 0 heterocycles. The molecule has 1 aromatic rings. The van der Waals surface area contributed by atoms with E-state index in [1.54, 1.807) is 0 Å². The predicted octanol–water partition coefficient (Wildman–Crippen LogP) is 3.14. The van der Waals surface area contributed by atoms with Crippen molar-refractivity contribution in [3.05, 3.63) is 42.0 Å². The van der Waals surface area contributed by atoms with Gasteiger partial charge in [-0.1, -0.05) is 12.1 Å². The fourth-order valence-corrected chi connectivity index (χ4v) is 1.10. The van der Waals surface area contributed by atoms with Crippen molar-refractivity contribution in [3.8, 4) is 5.75 Å². The fourth-order valence-electron chi connectivity index (χ4n) is 1.10. The molecule has 0 amide bonds. The van der Waals surface area contributed by atoms with Gasteiger partial charge in [0.25, 0.3) is 0 Å². The maximum atomic E-state index is 12.3.